The molecular weight excluding hydrogens is 319 g/mol. The highest BCUT2D eigenvalue weighted by Crippen LogP contribution is 2.38. The minimum Gasteiger partial charge on any atom is -0.367 e. The monoisotopic (exact) mass is 333 g/mol. The van der Waals surface area contributed by atoms with E-state index in [-0.39, 0.29) is 4.48 Å². The smallest absolute Gasteiger partial charge is 0.367 e. The van der Waals surface area contributed by atoms with E-state index >= 15 is 0 Å². The molecule has 19 heavy (non-hydrogen) atoms. The van der Waals surface area contributed by atoms with Gasteiger partial charge in [-0.1, -0.05) is 30.3 Å². The van der Waals surface area contributed by atoms with Gasteiger partial charge in [-0.25, -0.2) is 0 Å². The highest BCUT2D eigenvalue weighted by atomic mass is 79.9. The van der Waals surface area contributed by atoms with Crippen LogP contribution in [0.1, 0.15) is 24.8 Å². The summed E-state index contributed by atoms with van der Waals surface area (Å²) in [6, 6.07) is 8.62. The van der Waals surface area contributed by atoms with Crippen molar-refractivity contribution in [1.82, 2.24) is 4.90 Å². The third-order valence-electron chi connectivity index (χ3n) is 3.18. The van der Waals surface area contributed by atoms with E-state index in [2.05, 4.69) is 15.9 Å². The number of halogens is 4. The van der Waals surface area contributed by atoms with Crippen LogP contribution in [0, 0.1) is 0 Å². The molecule has 5 heteroatoms. The van der Waals surface area contributed by atoms with Gasteiger partial charge >= 0.3 is 6.18 Å². The summed E-state index contributed by atoms with van der Waals surface area (Å²) >= 11 is 3.14. The van der Waals surface area contributed by atoms with Crippen LogP contribution in [0.3, 0.4) is 0 Å². The minimum atomic E-state index is -4.34. The van der Waals surface area contributed by atoms with Gasteiger partial charge in [0.05, 0.1) is 4.48 Å². The van der Waals surface area contributed by atoms with Crippen LogP contribution in [0.15, 0.2) is 36.0 Å². The van der Waals surface area contributed by atoms with Gasteiger partial charge < -0.3 is 4.90 Å². The Morgan fingerprint density at radius 1 is 1.00 bits per heavy atom. The maximum atomic E-state index is 13.3. The normalized spacial score (nSPS) is 18.2. The maximum Gasteiger partial charge on any atom is 0.432 e. The van der Waals surface area contributed by atoms with Gasteiger partial charge in [0.15, 0.2) is 0 Å². The van der Waals surface area contributed by atoms with E-state index in [0.717, 1.165) is 19.3 Å². The zero-order chi connectivity index (χ0) is 13.9. The van der Waals surface area contributed by atoms with Crippen LogP contribution >= 0.6 is 15.9 Å². The third kappa shape index (κ3) is 3.53. The molecule has 1 heterocycles. The predicted molar refractivity (Wildman–Crippen MR) is 73.8 cm³/mol. The molecule has 0 aliphatic carbocycles. The molecular formula is C14H15BrF3N. The second kappa shape index (κ2) is 5.99. The van der Waals surface area contributed by atoms with Crippen LogP contribution in [-0.4, -0.2) is 24.2 Å². The Morgan fingerprint density at radius 3 is 2.11 bits per heavy atom. The summed E-state index contributed by atoms with van der Waals surface area (Å²) in [6.07, 6.45) is -1.71. The van der Waals surface area contributed by atoms with Crippen molar-refractivity contribution in [3.63, 3.8) is 0 Å². The second-order valence-corrected chi connectivity index (χ2v) is 5.37. The Morgan fingerprint density at radius 2 is 1.58 bits per heavy atom. The lowest BCUT2D eigenvalue weighted by molar-refractivity contribution is -0.111. The van der Waals surface area contributed by atoms with E-state index < -0.39 is 11.9 Å². The molecule has 0 spiro atoms. The molecule has 0 N–H and O–H groups in total. The molecule has 1 aliphatic heterocycles. The summed E-state index contributed by atoms with van der Waals surface area (Å²) in [6.45, 7) is 0.938. The van der Waals surface area contributed by atoms with Crippen molar-refractivity contribution in [1.29, 1.82) is 0 Å². The van der Waals surface area contributed by atoms with Crippen molar-refractivity contribution in [3.8, 4) is 0 Å². The molecule has 0 unspecified atom stereocenters. The van der Waals surface area contributed by atoms with Crippen molar-refractivity contribution in [2.75, 3.05) is 13.1 Å². The molecule has 104 valence electrons. The fourth-order valence-electron chi connectivity index (χ4n) is 2.28. The largest absolute Gasteiger partial charge is 0.432 e. The Balaban J connectivity index is 2.41. The van der Waals surface area contributed by atoms with Crippen LogP contribution in [-0.2, 0) is 0 Å². The molecule has 0 amide bonds. The number of allylic oxidation sites excluding steroid dienone is 1. The van der Waals surface area contributed by atoms with Crippen molar-refractivity contribution in [2.45, 2.75) is 25.4 Å². The van der Waals surface area contributed by atoms with Crippen LogP contribution in [0.5, 0.6) is 0 Å². The van der Waals surface area contributed by atoms with Crippen LogP contribution < -0.4 is 0 Å². The molecule has 0 radical (unpaired) electrons. The third-order valence-corrected chi connectivity index (χ3v) is 4.01. The van der Waals surface area contributed by atoms with Gasteiger partial charge in [-0.2, -0.15) is 13.2 Å². The van der Waals surface area contributed by atoms with Crippen molar-refractivity contribution in [3.05, 3.63) is 41.6 Å². The number of benzene rings is 1. The second-order valence-electron chi connectivity index (χ2n) is 4.57. The number of hydrogen-bond donors (Lipinski definition) is 0. The standard InChI is InChI=1S/C14H15BrF3N/c15-12(11-7-3-1-4-8-11)13(14(16,17)18)19-9-5-2-6-10-19/h1,3-4,7-8H,2,5-6,9-10H2/b13-12-. The lowest BCUT2D eigenvalue weighted by atomic mass is 10.1. The fourth-order valence-corrected chi connectivity index (χ4v) is 3.02. The first-order valence-electron chi connectivity index (χ1n) is 6.27. The molecule has 1 aromatic rings. The number of rotatable bonds is 2. The van der Waals surface area contributed by atoms with E-state index in [1.807, 2.05) is 0 Å². The number of alkyl halides is 3. The number of nitrogens with zero attached hydrogens (tertiary/aromatic N) is 1. The lowest BCUT2D eigenvalue weighted by Gasteiger charge is -2.33. The summed E-state index contributed by atoms with van der Waals surface area (Å²) in [5.41, 5.74) is -0.00111. The molecule has 1 saturated heterocycles. The number of likely N-dealkylation sites (tertiary alicyclic amines) is 1. The SMILES string of the molecule is FC(F)(F)/C(=C(/Br)c1ccccc1)N1CCCCC1. The van der Waals surface area contributed by atoms with Gasteiger partial charge in [-0.15, -0.1) is 0 Å². The first-order valence-corrected chi connectivity index (χ1v) is 7.07. The summed E-state index contributed by atoms with van der Waals surface area (Å²) in [4.78, 5) is 1.45. The van der Waals surface area contributed by atoms with Crippen molar-refractivity contribution >= 4 is 20.4 Å². The van der Waals surface area contributed by atoms with E-state index in [4.69, 9.17) is 0 Å². The number of piperidine rings is 1. The lowest BCUT2D eigenvalue weighted by Crippen LogP contribution is -2.36. The molecule has 0 atom stereocenters. The van der Waals surface area contributed by atoms with Crippen molar-refractivity contribution in [2.24, 2.45) is 0 Å². The van der Waals surface area contributed by atoms with Crippen molar-refractivity contribution < 1.29 is 13.2 Å². The van der Waals surface area contributed by atoms with Crippen LogP contribution in [0.25, 0.3) is 4.48 Å². The first-order chi connectivity index (χ1) is 9.00. The summed E-state index contributed by atoms with van der Waals surface area (Å²) < 4.78 is 40.1. The van der Waals surface area contributed by atoms with E-state index in [1.165, 1.54) is 4.90 Å². The molecule has 1 fully saturated rings. The quantitative estimate of drug-likeness (QED) is 0.751. The molecule has 1 aromatic carbocycles. The average molecular weight is 334 g/mol. The van der Waals surface area contributed by atoms with Gasteiger partial charge in [0, 0.05) is 13.1 Å². The number of hydrogen-bond acceptors (Lipinski definition) is 1. The fraction of sp³-hybridized carbons (Fsp3) is 0.429. The summed E-state index contributed by atoms with van der Waals surface area (Å²) in [7, 11) is 0. The van der Waals surface area contributed by atoms with E-state index in [9.17, 15) is 13.2 Å². The van der Waals surface area contributed by atoms with E-state index in [0.29, 0.717) is 18.7 Å². The Bertz CT molecular complexity index is 448. The molecule has 0 saturated carbocycles. The Hall–Kier alpha value is -0.970. The average Bonchev–Trinajstić information content (AvgIpc) is 2.39. The predicted octanol–water partition coefficient (Wildman–Crippen LogP) is 4.80. The molecule has 0 aromatic heterocycles. The highest BCUT2D eigenvalue weighted by Gasteiger charge is 2.40. The Labute approximate surface area is 119 Å². The summed E-state index contributed by atoms with van der Waals surface area (Å²) in [5.74, 6) is 0. The van der Waals surface area contributed by atoms with Gasteiger partial charge in [-0.05, 0) is 40.8 Å². The molecule has 1 nitrogen and oxygen atoms in total. The van der Waals surface area contributed by atoms with Gasteiger partial charge in [0.25, 0.3) is 0 Å². The minimum absolute atomic E-state index is 0.127. The van der Waals surface area contributed by atoms with Crippen LogP contribution in [0.2, 0.25) is 0 Å². The first kappa shape index (κ1) is 14.4. The maximum absolute atomic E-state index is 13.3. The van der Waals surface area contributed by atoms with Gasteiger partial charge in [-0.3, -0.25) is 0 Å². The van der Waals surface area contributed by atoms with Gasteiger partial charge in [0.1, 0.15) is 5.70 Å². The molecule has 1 aliphatic rings. The highest BCUT2D eigenvalue weighted by molar-refractivity contribution is 9.15. The van der Waals surface area contributed by atoms with Crippen LogP contribution in [0.4, 0.5) is 13.2 Å². The Kier molecular flexibility index (Phi) is 4.55. The van der Waals surface area contributed by atoms with E-state index in [1.54, 1.807) is 30.3 Å². The zero-order valence-electron chi connectivity index (χ0n) is 10.4. The van der Waals surface area contributed by atoms with Gasteiger partial charge in [0.2, 0.25) is 0 Å². The topological polar surface area (TPSA) is 3.24 Å². The molecule has 2 rings (SSSR count). The molecule has 0 bridgehead atoms. The summed E-state index contributed by atoms with van der Waals surface area (Å²) in [5, 5.41) is 0. The zero-order valence-corrected chi connectivity index (χ0v) is 12.0.